The van der Waals surface area contributed by atoms with E-state index < -0.39 is 0 Å². The van der Waals surface area contributed by atoms with E-state index in [1.54, 1.807) is 35.9 Å². The fourth-order valence-electron chi connectivity index (χ4n) is 3.35. The Kier molecular flexibility index (Phi) is 7.49. The predicted octanol–water partition coefficient (Wildman–Crippen LogP) is 3.65. The van der Waals surface area contributed by atoms with Crippen molar-refractivity contribution in [2.75, 3.05) is 26.2 Å². The van der Waals surface area contributed by atoms with Crippen LogP contribution in [0.3, 0.4) is 0 Å². The largest absolute Gasteiger partial charge is 0.493 e. The minimum atomic E-state index is -0.212. The first-order chi connectivity index (χ1) is 15.4. The van der Waals surface area contributed by atoms with Gasteiger partial charge in [0.05, 0.1) is 25.4 Å². The van der Waals surface area contributed by atoms with E-state index in [0.29, 0.717) is 42.3 Å². The zero-order valence-electron chi connectivity index (χ0n) is 18.8. The van der Waals surface area contributed by atoms with Crippen molar-refractivity contribution in [3.05, 3.63) is 64.4 Å². The molecule has 0 aliphatic heterocycles. The highest BCUT2D eigenvalue weighted by molar-refractivity contribution is 5.95. The van der Waals surface area contributed by atoms with Crippen molar-refractivity contribution in [2.45, 2.75) is 26.8 Å². The van der Waals surface area contributed by atoms with E-state index in [4.69, 9.17) is 9.47 Å². The molecule has 32 heavy (non-hydrogen) atoms. The number of amides is 1. The van der Waals surface area contributed by atoms with Gasteiger partial charge in [0.15, 0.2) is 11.5 Å². The summed E-state index contributed by atoms with van der Waals surface area (Å²) in [6.07, 6.45) is 0.599. The van der Waals surface area contributed by atoms with E-state index in [-0.39, 0.29) is 11.5 Å². The fraction of sp³-hybridized carbons (Fsp3) is 0.292. The van der Waals surface area contributed by atoms with Gasteiger partial charge >= 0.3 is 0 Å². The van der Waals surface area contributed by atoms with Crippen molar-refractivity contribution in [3.8, 4) is 11.5 Å². The summed E-state index contributed by atoms with van der Waals surface area (Å²) in [4.78, 5) is 25.2. The van der Waals surface area contributed by atoms with Gasteiger partial charge in [-0.1, -0.05) is 18.2 Å². The van der Waals surface area contributed by atoms with Crippen molar-refractivity contribution in [3.63, 3.8) is 0 Å². The molecule has 0 aliphatic carbocycles. The number of ether oxygens (including phenoxy) is 2. The van der Waals surface area contributed by atoms with Gasteiger partial charge in [0, 0.05) is 35.8 Å². The Morgan fingerprint density at radius 3 is 2.50 bits per heavy atom. The monoisotopic (exact) mass is 436 g/mol. The van der Waals surface area contributed by atoms with Crippen molar-refractivity contribution in [2.24, 2.45) is 5.10 Å². The fourth-order valence-corrected chi connectivity index (χ4v) is 3.35. The highest BCUT2D eigenvalue weighted by atomic mass is 16.5. The number of nitrogens with zero attached hydrogens (tertiary/aromatic N) is 2. The lowest BCUT2D eigenvalue weighted by atomic mass is 10.1. The zero-order valence-corrected chi connectivity index (χ0v) is 18.8. The molecule has 2 N–H and O–H groups in total. The molecule has 1 amide bonds. The highest BCUT2D eigenvalue weighted by Gasteiger charge is 2.11. The van der Waals surface area contributed by atoms with E-state index in [1.165, 1.54) is 7.11 Å². The van der Waals surface area contributed by atoms with Gasteiger partial charge < -0.3 is 19.4 Å². The van der Waals surface area contributed by atoms with Gasteiger partial charge in [0.25, 0.3) is 11.5 Å². The molecule has 0 unspecified atom stereocenters. The highest BCUT2D eigenvalue weighted by Crippen LogP contribution is 2.27. The molecule has 0 radical (unpaired) electrons. The number of hydrogen-bond acceptors (Lipinski definition) is 6. The van der Waals surface area contributed by atoms with Crippen molar-refractivity contribution in [1.29, 1.82) is 0 Å². The molecule has 0 saturated carbocycles. The molecule has 3 rings (SSSR count). The van der Waals surface area contributed by atoms with Crippen LogP contribution in [0, 0.1) is 0 Å². The third-order valence-corrected chi connectivity index (χ3v) is 4.91. The molecule has 0 aliphatic rings. The first-order valence-electron chi connectivity index (χ1n) is 10.3. The van der Waals surface area contributed by atoms with Crippen LogP contribution in [0.4, 0.5) is 5.69 Å². The van der Waals surface area contributed by atoms with Gasteiger partial charge in [-0.25, -0.2) is 0 Å². The van der Waals surface area contributed by atoms with Crippen LogP contribution >= 0.6 is 0 Å². The minimum absolute atomic E-state index is 0.124. The second-order valence-corrected chi connectivity index (χ2v) is 7.42. The number of rotatable bonds is 9. The number of para-hydroxylation sites is 1. The number of hydrazone groups is 1. The summed E-state index contributed by atoms with van der Waals surface area (Å²) in [5.41, 5.74) is 5.68. The number of anilines is 1. The van der Waals surface area contributed by atoms with E-state index in [9.17, 15) is 9.59 Å². The van der Waals surface area contributed by atoms with Crippen LogP contribution < -0.4 is 25.8 Å². The lowest BCUT2D eigenvalue weighted by Crippen LogP contribution is -2.27. The van der Waals surface area contributed by atoms with Crippen molar-refractivity contribution < 1.29 is 14.3 Å². The average molecular weight is 437 g/mol. The average Bonchev–Trinajstić information content (AvgIpc) is 2.80. The Morgan fingerprint density at radius 2 is 1.78 bits per heavy atom. The first-order valence-corrected chi connectivity index (χ1v) is 10.3. The molecule has 8 heteroatoms. The van der Waals surface area contributed by atoms with Gasteiger partial charge in [0.1, 0.15) is 0 Å². The molecule has 0 fully saturated rings. The summed E-state index contributed by atoms with van der Waals surface area (Å²) in [6.45, 7) is 4.66. The minimum Gasteiger partial charge on any atom is -0.493 e. The van der Waals surface area contributed by atoms with Crippen LogP contribution in [-0.4, -0.2) is 37.0 Å². The standard InChI is InChI=1S/C24H28N4O4/c1-16(2)26-27-19-15-23(29)28(20-9-6-5-8-18(19)20)13-7-12-25-24(30)17-10-11-21(31-3)22(14-17)32-4/h5-6,8-11,14-15,27H,7,12-13H2,1-4H3,(H,25,30). The number of aryl methyl sites for hydroxylation is 1. The maximum Gasteiger partial charge on any atom is 0.253 e. The Morgan fingerprint density at radius 1 is 1.03 bits per heavy atom. The van der Waals surface area contributed by atoms with Crippen LogP contribution in [0.2, 0.25) is 0 Å². The van der Waals surface area contributed by atoms with E-state index >= 15 is 0 Å². The number of fused-ring (bicyclic) bond motifs is 1. The summed E-state index contributed by atoms with van der Waals surface area (Å²) in [5.74, 6) is 0.845. The van der Waals surface area contributed by atoms with Gasteiger partial charge in [-0.15, -0.1) is 0 Å². The van der Waals surface area contributed by atoms with Gasteiger partial charge in [0.2, 0.25) is 0 Å². The summed E-state index contributed by atoms with van der Waals surface area (Å²) in [5, 5.41) is 8.01. The lowest BCUT2D eigenvalue weighted by Gasteiger charge is -2.14. The van der Waals surface area contributed by atoms with Gasteiger partial charge in [-0.3, -0.25) is 15.0 Å². The summed E-state index contributed by atoms with van der Waals surface area (Å²) >= 11 is 0. The number of carbonyl (C=O) groups is 1. The molecule has 0 saturated heterocycles. The molecular weight excluding hydrogens is 408 g/mol. The molecule has 168 valence electrons. The molecular formula is C24H28N4O4. The third kappa shape index (κ3) is 5.26. The number of pyridine rings is 1. The Labute approximate surface area is 186 Å². The van der Waals surface area contributed by atoms with Gasteiger partial charge in [-0.05, 0) is 44.5 Å². The number of methoxy groups -OCH3 is 2. The Balaban J connectivity index is 1.69. The first kappa shape index (κ1) is 22.9. The topological polar surface area (TPSA) is 94.0 Å². The Hall–Kier alpha value is -3.81. The molecule has 3 aromatic rings. The third-order valence-electron chi connectivity index (χ3n) is 4.91. The maximum absolute atomic E-state index is 12.7. The van der Waals surface area contributed by atoms with E-state index in [0.717, 1.165) is 16.6 Å². The predicted molar refractivity (Wildman–Crippen MR) is 127 cm³/mol. The Bertz CT molecular complexity index is 1200. The summed E-state index contributed by atoms with van der Waals surface area (Å²) < 4.78 is 12.2. The molecule has 2 aromatic carbocycles. The molecule has 0 spiro atoms. The molecule has 1 heterocycles. The van der Waals surface area contributed by atoms with Crippen LogP contribution in [0.5, 0.6) is 11.5 Å². The normalized spacial score (nSPS) is 10.5. The lowest BCUT2D eigenvalue weighted by molar-refractivity contribution is 0.0952. The summed E-state index contributed by atoms with van der Waals surface area (Å²) in [6, 6.07) is 14.2. The molecule has 0 bridgehead atoms. The second-order valence-electron chi connectivity index (χ2n) is 7.42. The van der Waals surface area contributed by atoms with Crippen LogP contribution in [0.15, 0.2) is 58.4 Å². The van der Waals surface area contributed by atoms with E-state index in [2.05, 4.69) is 15.8 Å². The van der Waals surface area contributed by atoms with Crippen molar-refractivity contribution in [1.82, 2.24) is 9.88 Å². The van der Waals surface area contributed by atoms with Crippen LogP contribution in [0.25, 0.3) is 10.9 Å². The quantitative estimate of drug-likeness (QED) is 0.303. The van der Waals surface area contributed by atoms with Gasteiger partial charge in [-0.2, -0.15) is 5.10 Å². The number of hydrogen-bond donors (Lipinski definition) is 2. The summed E-state index contributed by atoms with van der Waals surface area (Å²) in [7, 11) is 3.07. The maximum atomic E-state index is 12.7. The van der Waals surface area contributed by atoms with Crippen LogP contribution in [0.1, 0.15) is 30.6 Å². The number of carbonyl (C=O) groups excluding carboxylic acids is 1. The molecule has 8 nitrogen and oxygen atoms in total. The number of benzene rings is 2. The SMILES string of the molecule is COc1ccc(C(=O)NCCCn2c(=O)cc(NN=C(C)C)c3ccccc32)cc1OC. The zero-order chi connectivity index (χ0) is 23.1. The second kappa shape index (κ2) is 10.5. The van der Waals surface area contributed by atoms with Crippen molar-refractivity contribution >= 4 is 28.2 Å². The number of aromatic nitrogens is 1. The number of nitrogens with one attached hydrogen (secondary N) is 2. The molecule has 0 atom stereocenters. The van der Waals surface area contributed by atoms with E-state index in [1.807, 2.05) is 38.1 Å². The van der Waals surface area contributed by atoms with Crippen LogP contribution in [-0.2, 0) is 6.54 Å². The molecule has 1 aromatic heterocycles. The smallest absolute Gasteiger partial charge is 0.253 e.